The predicted octanol–water partition coefficient (Wildman–Crippen LogP) is 14.4. The molecule has 0 aliphatic heterocycles. The Morgan fingerprint density at radius 2 is 1.00 bits per heavy atom. The quantitative estimate of drug-likeness (QED) is 0.176. The van der Waals surface area contributed by atoms with Gasteiger partial charge in [-0.05, 0) is 104 Å². The Bertz CT molecular complexity index is 2890. The predicted molar refractivity (Wildman–Crippen MR) is 220 cm³/mol. The number of anilines is 3. The molecule has 0 atom stereocenters. The zero-order valence-electron chi connectivity index (χ0n) is 28.4. The summed E-state index contributed by atoms with van der Waals surface area (Å²) in [6.45, 7) is 0. The molecule has 0 saturated heterocycles. The lowest BCUT2D eigenvalue weighted by Crippen LogP contribution is -2.10. The molecule has 0 amide bonds. The first-order chi connectivity index (χ1) is 25.8. The van der Waals surface area contributed by atoms with E-state index in [0.717, 1.165) is 50.1 Å². The minimum absolute atomic E-state index is 0.872. The highest BCUT2D eigenvalue weighted by atomic mass is 16.3. The summed E-state index contributed by atoms with van der Waals surface area (Å²) >= 11 is 0. The molecule has 0 aliphatic rings. The molecule has 0 radical (unpaired) electrons. The fourth-order valence-corrected chi connectivity index (χ4v) is 7.71. The maximum absolute atomic E-state index is 6.81. The first kappa shape index (κ1) is 30.0. The van der Waals surface area contributed by atoms with E-state index in [9.17, 15) is 0 Å². The summed E-state index contributed by atoms with van der Waals surface area (Å²) in [4.78, 5) is 2.35. The van der Waals surface area contributed by atoms with Crippen LogP contribution in [0.1, 0.15) is 0 Å². The topological polar surface area (TPSA) is 16.4 Å². The Morgan fingerprint density at radius 1 is 0.346 bits per heavy atom. The number of furan rings is 1. The van der Waals surface area contributed by atoms with Gasteiger partial charge >= 0.3 is 0 Å². The molecule has 52 heavy (non-hydrogen) atoms. The molecular weight excluding hydrogens is 631 g/mol. The van der Waals surface area contributed by atoms with Crippen LogP contribution in [0, 0.1) is 0 Å². The molecule has 0 spiro atoms. The molecule has 0 N–H and O–H groups in total. The van der Waals surface area contributed by atoms with Gasteiger partial charge in [-0.2, -0.15) is 0 Å². The van der Waals surface area contributed by atoms with Crippen molar-refractivity contribution in [2.24, 2.45) is 0 Å². The maximum Gasteiger partial charge on any atom is 0.145 e. The Labute approximate surface area is 302 Å². The molecule has 0 saturated carbocycles. The third-order valence-corrected chi connectivity index (χ3v) is 10.2. The average molecular weight is 664 g/mol. The van der Waals surface area contributed by atoms with Crippen molar-refractivity contribution in [3.8, 4) is 33.4 Å². The molecule has 10 aromatic rings. The molecule has 0 bridgehead atoms. The van der Waals surface area contributed by atoms with Crippen molar-refractivity contribution in [1.82, 2.24) is 0 Å². The van der Waals surface area contributed by atoms with Crippen LogP contribution in [0.2, 0.25) is 0 Å². The van der Waals surface area contributed by atoms with Crippen LogP contribution in [-0.2, 0) is 0 Å². The minimum atomic E-state index is 0.872. The minimum Gasteiger partial charge on any atom is -0.455 e. The van der Waals surface area contributed by atoms with E-state index in [1.54, 1.807) is 0 Å². The van der Waals surface area contributed by atoms with E-state index in [1.165, 1.54) is 43.8 Å². The normalized spacial score (nSPS) is 11.5. The van der Waals surface area contributed by atoms with Crippen molar-refractivity contribution in [1.29, 1.82) is 0 Å². The van der Waals surface area contributed by atoms with Crippen molar-refractivity contribution in [2.75, 3.05) is 4.90 Å². The van der Waals surface area contributed by atoms with Crippen LogP contribution in [0.4, 0.5) is 17.1 Å². The lowest BCUT2D eigenvalue weighted by Gasteiger charge is -2.27. The summed E-state index contributed by atoms with van der Waals surface area (Å²) < 4.78 is 6.81. The van der Waals surface area contributed by atoms with Gasteiger partial charge in [0.25, 0.3) is 0 Å². The molecule has 0 fully saturated rings. The second kappa shape index (κ2) is 12.5. The number of rotatable bonds is 6. The van der Waals surface area contributed by atoms with Gasteiger partial charge in [-0.1, -0.05) is 146 Å². The number of para-hydroxylation sites is 2. The van der Waals surface area contributed by atoms with E-state index in [2.05, 4.69) is 199 Å². The van der Waals surface area contributed by atoms with Gasteiger partial charge in [0.1, 0.15) is 11.2 Å². The van der Waals surface area contributed by atoms with Crippen molar-refractivity contribution in [2.45, 2.75) is 0 Å². The van der Waals surface area contributed by atoms with E-state index in [1.807, 2.05) is 6.07 Å². The number of hydrogen-bond acceptors (Lipinski definition) is 2. The number of fused-ring (bicyclic) bond motifs is 5. The van der Waals surface area contributed by atoms with E-state index in [0.29, 0.717) is 0 Å². The summed E-state index contributed by atoms with van der Waals surface area (Å²) in [5.74, 6) is 0. The molecule has 244 valence electrons. The van der Waals surface area contributed by atoms with Crippen LogP contribution in [0.15, 0.2) is 205 Å². The molecule has 10 rings (SSSR count). The molecule has 2 heteroatoms. The van der Waals surface area contributed by atoms with Gasteiger partial charge in [0.05, 0.1) is 11.1 Å². The van der Waals surface area contributed by atoms with E-state index in [4.69, 9.17) is 4.42 Å². The Kier molecular flexibility index (Phi) is 7.18. The van der Waals surface area contributed by atoms with E-state index in [-0.39, 0.29) is 0 Å². The average Bonchev–Trinajstić information content (AvgIpc) is 3.61. The van der Waals surface area contributed by atoms with Gasteiger partial charge in [0.15, 0.2) is 0 Å². The highest BCUT2D eigenvalue weighted by Gasteiger charge is 2.22. The van der Waals surface area contributed by atoms with Gasteiger partial charge in [0.2, 0.25) is 0 Å². The first-order valence-corrected chi connectivity index (χ1v) is 17.8. The van der Waals surface area contributed by atoms with Crippen molar-refractivity contribution >= 4 is 60.5 Å². The van der Waals surface area contributed by atoms with Crippen molar-refractivity contribution in [3.05, 3.63) is 200 Å². The van der Waals surface area contributed by atoms with Gasteiger partial charge in [-0.25, -0.2) is 0 Å². The Morgan fingerprint density at radius 3 is 1.85 bits per heavy atom. The summed E-state index contributed by atoms with van der Waals surface area (Å²) in [5, 5.41) is 7.10. The van der Waals surface area contributed by atoms with Gasteiger partial charge < -0.3 is 9.32 Å². The monoisotopic (exact) mass is 663 g/mol. The largest absolute Gasteiger partial charge is 0.455 e. The molecule has 0 aliphatic carbocycles. The second-order valence-corrected chi connectivity index (χ2v) is 13.3. The van der Waals surface area contributed by atoms with Gasteiger partial charge in [0, 0.05) is 22.3 Å². The van der Waals surface area contributed by atoms with Gasteiger partial charge in [-0.15, -0.1) is 0 Å². The Balaban J connectivity index is 1.15. The Hall–Kier alpha value is -6.90. The standard InChI is InChI=1S/C50H33NO/c1-3-13-36(14-4-1)43-20-11-16-37-23-25-40(33-46(37)43)44-30-31-47(49-45-19-9-10-21-48(45)52-50(44)49)51(41-17-5-2-6-18-41)42-28-26-35(27-29-42)39-24-22-34-12-7-8-15-38(34)32-39/h1-33H. The smallest absolute Gasteiger partial charge is 0.145 e. The van der Waals surface area contributed by atoms with Gasteiger partial charge in [-0.3, -0.25) is 0 Å². The second-order valence-electron chi connectivity index (χ2n) is 13.3. The van der Waals surface area contributed by atoms with Crippen LogP contribution in [0.3, 0.4) is 0 Å². The molecule has 0 unspecified atom stereocenters. The van der Waals surface area contributed by atoms with Crippen LogP contribution >= 0.6 is 0 Å². The van der Waals surface area contributed by atoms with Crippen LogP contribution < -0.4 is 4.90 Å². The third kappa shape index (κ3) is 5.12. The summed E-state index contributed by atoms with van der Waals surface area (Å²) in [6, 6.07) is 71.6. The SMILES string of the molecule is c1ccc(-c2cccc3ccc(-c4ccc(N(c5ccccc5)c5ccc(-c6ccc7ccccc7c6)cc5)c5c4oc4ccccc45)cc23)cc1. The van der Waals surface area contributed by atoms with E-state index >= 15 is 0 Å². The van der Waals surface area contributed by atoms with E-state index < -0.39 is 0 Å². The molecule has 9 aromatic carbocycles. The molecule has 1 aromatic heterocycles. The fourth-order valence-electron chi connectivity index (χ4n) is 7.71. The molecule has 2 nitrogen and oxygen atoms in total. The summed E-state index contributed by atoms with van der Waals surface area (Å²) in [7, 11) is 0. The number of hydrogen-bond donors (Lipinski definition) is 0. The number of nitrogens with zero attached hydrogens (tertiary/aromatic N) is 1. The highest BCUT2D eigenvalue weighted by Crippen LogP contribution is 2.46. The van der Waals surface area contributed by atoms with Crippen LogP contribution in [0.5, 0.6) is 0 Å². The van der Waals surface area contributed by atoms with Crippen LogP contribution in [0.25, 0.3) is 76.9 Å². The lowest BCUT2D eigenvalue weighted by atomic mass is 9.94. The third-order valence-electron chi connectivity index (χ3n) is 10.2. The highest BCUT2D eigenvalue weighted by molar-refractivity contribution is 6.17. The fraction of sp³-hybridized carbons (Fsp3) is 0. The van der Waals surface area contributed by atoms with Crippen molar-refractivity contribution in [3.63, 3.8) is 0 Å². The maximum atomic E-state index is 6.81. The lowest BCUT2D eigenvalue weighted by molar-refractivity contribution is 0.670. The van der Waals surface area contributed by atoms with Crippen LogP contribution in [-0.4, -0.2) is 0 Å². The zero-order valence-corrected chi connectivity index (χ0v) is 28.4. The zero-order chi connectivity index (χ0) is 34.4. The molecular formula is C50H33NO. The first-order valence-electron chi connectivity index (χ1n) is 17.8. The summed E-state index contributed by atoms with van der Waals surface area (Å²) in [5.41, 5.74) is 12.0. The molecule has 1 heterocycles. The number of benzene rings is 9. The van der Waals surface area contributed by atoms with Crippen molar-refractivity contribution < 1.29 is 4.42 Å². The summed E-state index contributed by atoms with van der Waals surface area (Å²) in [6.07, 6.45) is 0.